The molecular weight excluding hydrogens is 385 g/mol. The summed E-state index contributed by atoms with van der Waals surface area (Å²) in [6.45, 7) is 0.339. The van der Waals surface area contributed by atoms with Gasteiger partial charge >= 0.3 is 5.97 Å². The van der Waals surface area contributed by atoms with Crippen LogP contribution in [0.25, 0.3) is 0 Å². The zero-order valence-corrected chi connectivity index (χ0v) is 16.6. The quantitative estimate of drug-likeness (QED) is 0.412. The number of esters is 1. The average Bonchev–Trinajstić information content (AvgIpc) is 2.78. The first-order valence-electron chi connectivity index (χ1n) is 9.49. The SMILES string of the molecule is CN(Cc1ccccc1)C(=O)c1ccccc1C(=O)OCCOc1ccccc1F. The highest BCUT2D eigenvalue weighted by molar-refractivity contribution is 6.05. The lowest BCUT2D eigenvalue weighted by Crippen LogP contribution is -2.28. The number of hydrogen-bond acceptors (Lipinski definition) is 4. The molecule has 0 bridgehead atoms. The molecule has 3 aromatic rings. The van der Waals surface area contributed by atoms with E-state index >= 15 is 0 Å². The van der Waals surface area contributed by atoms with Crippen LogP contribution in [0.4, 0.5) is 4.39 Å². The van der Waals surface area contributed by atoms with Crippen LogP contribution in [-0.4, -0.2) is 37.0 Å². The molecule has 0 saturated carbocycles. The molecule has 3 rings (SSSR count). The number of hydrogen-bond donors (Lipinski definition) is 0. The second kappa shape index (κ2) is 10.2. The van der Waals surface area contributed by atoms with Gasteiger partial charge in [0, 0.05) is 13.6 Å². The van der Waals surface area contributed by atoms with Crippen molar-refractivity contribution in [2.45, 2.75) is 6.54 Å². The predicted molar refractivity (Wildman–Crippen MR) is 111 cm³/mol. The molecule has 0 aromatic heterocycles. The lowest BCUT2D eigenvalue weighted by Gasteiger charge is -2.19. The summed E-state index contributed by atoms with van der Waals surface area (Å²) < 4.78 is 24.0. The molecule has 6 heteroatoms. The normalized spacial score (nSPS) is 10.3. The molecule has 0 aliphatic heterocycles. The van der Waals surface area contributed by atoms with E-state index in [1.54, 1.807) is 48.3 Å². The van der Waals surface area contributed by atoms with Gasteiger partial charge in [-0.2, -0.15) is 0 Å². The summed E-state index contributed by atoms with van der Waals surface area (Å²) in [7, 11) is 1.68. The molecule has 3 aromatic carbocycles. The van der Waals surface area contributed by atoms with E-state index in [4.69, 9.17) is 9.47 Å². The van der Waals surface area contributed by atoms with Gasteiger partial charge in [0.2, 0.25) is 0 Å². The Morgan fingerprint density at radius 3 is 2.20 bits per heavy atom. The van der Waals surface area contributed by atoms with E-state index in [0.717, 1.165) is 5.56 Å². The summed E-state index contributed by atoms with van der Waals surface area (Å²) in [6, 6.07) is 22.1. The molecule has 5 nitrogen and oxygen atoms in total. The highest BCUT2D eigenvalue weighted by Crippen LogP contribution is 2.16. The molecule has 0 spiro atoms. The summed E-state index contributed by atoms with van der Waals surface area (Å²) in [6.07, 6.45) is 0. The maximum atomic E-state index is 13.5. The number of carbonyl (C=O) groups is 2. The summed E-state index contributed by atoms with van der Waals surface area (Å²) in [5, 5.41) is 0. The Morgan fingerprint density at radius 1 is 0.833 bits per heavy atom. The van der Waals surface area contributed by atoms with E-state index in [1.165, 1.54) is 12.1 Å². The molecular formula is C24H22FNO4. The summed E-state index contributed by atoms with van der Waals surface area (Å²) in [5.41, 5.74) is 1.42. The van der Waals surface area contributed by atoms with Crippen molar-refractivity contribution in [2.75, 3.05) is 20.3 Å². The number of nitrogens with zero attached hydrogens (tertiary/aromatic N) is 1. The third-order valence-corrected chi connectivity index (χ3v) is 4.40. The van der Waals surface area contributed by atoms with Crippen molar-refractivity contribution in [1.29, 1.82) is 0 Å². The Hall–Kier alpha value is -3.67. The van der Waals surface area contributed by atoms with Crippen LogP contribution in [0, 0.1) is 5.82 Å². The van der Waals surface area contributed by atoms with E-state index in [2.05, 4.69) is 0 Å². The second-order valence-electron chi connectivity index (χ2n) is 6.61. The largest absolute Gasteiger partial charge is 0.487 e. The van der Waals surface area contributed by atoms with Crippen molar-refractivity contribution in [3.63, 3.8) is 0 Å². The van der Waals surface area contributed by atoms with Crippen LogP contribution in [0.15, 0.2) is 78.9 Å². The van der Waals surface area contributed by atoms with Gasteiger partial charge in [0.1, 0.15) is 13.2 Å². The van der Waals surface area contributed by atoms with Gasteiger partial charge < -0.3 is 14.4 Å². The van der Waals surface area contributed by atoms with Gasteiger partial charge in [-0.25, -0.2) is 9.18 Å². The fourth-order valence-electron chi connectivity index (χ4n) is 2.91. The van der Waals surface area contributed by atoms with Gasteiger partial charge in [-0.1, -0.05) is 54.6 Å². The number of para-hydroxylation sites is 1. The van der Waals surface area contributed by atoms with Crippen LogP contribution in [0.2, 0.25) is 0 Å². The van der Waals surface area contributed by atoms with Gasteiger partial charge in [0.05, 0.1) is 11.1 Å². The van der Waals surface area contributed by atoms with Gasteiger partial charge in [0.15, 0.2) is 11.6 Å². The molecule has 30 heavy (non-hydrogen) atoms. The first kappa shape index (κ1) is 21.0. The summed E-state index contributed by atoms with van der Waals surface area (Å²) in [4.78, 5) is 26.9. The van der Waals surface area contributed by atoms with Crippen molar-refractivity contribution in [3.05, 3.63) is 101 Å². The first-order chi connectivity index (χ1) is 14.6. The highest BCUT2D eigenvalue weighted by atomic mass is 19.1. The number of halogens is 1. The van der Waals surface area contributed by atoms with E-state index in [-0.39, 0.29) is 36.0 Å². The van der Waals surface area contributed by atoms with Crippen LogP contribution in [0.1, 0.15) is 26.3 Å². The molecule has 0 aliphatic rings. The van der Waals surface area contributed by atoms with E-state index in [0.29, 0.717) is 6.54 Å². The monoisotopic (exact) mass is 407 g/mol. The molecule has 0 aliphatic carbocycles. The average molecular weight is 407 g/mol. The van der Waals surface area contributed by atoms with Gasteiger partial charge in [-0.15, -0.1) is 0 Å². The summed E-state index contributed by atoms with van der Waals surface area (Å²) in [5.74, 6) is -1.31. The fraction of sp³-hybridized carbons (Fsp3) is 0.167. The van der Waals surface area contributed by atoms with Gasteiger partial charge in [-0.05, 0) is 29.8 Å². The smallest absolute Gasteiger partial charge is 0.339 e. The number of rotatable bonds is 8. The van der Waals surface area contributed by atoms with Crippen LogP contribution in [-0.2, 0) is 11.3 Å². The van der Waals surface area contributed by atoms with Crippen LogP contribution in [0.5, 0.6) is 5.75 Å². The van der Waals surface area contributed by atoms with Crippen molar-refractivity contribution in [1.82, 2.24) is 4.90 Å². The topological polar surface area (TPSA) is 55.8 Å². The zero-order valence-electron chi connectivity index (χ0n) is 16.6. The Balaban J connectivity index is 1.60. The zero-order chi connectivity index (χ0) is 21.3. The molecule has 0 saturated heterocycles. The fourth-order valence-corrected chi connectivity index (χ4v) is 2.91. The number of carbonyl (C=O) groups excluding carboxylic acids is 2. The molecule has 0 N–H and O–H groups in total. The predicted octanol–water partition coefficient (Wildman–Crippen LogP) is 4.33. The standard InChI is InChI=1S/C24H22FNO4/c1-26(17-18-9-3-2-4-10-18)23(27)19-11-5-6-12-20(19)24(28)30-16-15-29-22-14-8-7-13-21(22)25/h2-14H,15-17H2,1H3. The maximum absolute atomic E-state index is 13.5. The molecule has 0 heterocycles. The van der Waals surface area contributed by atoms with Crippen molar-refractivity contribution < 1.29 is 23.5 Å². The highest BCUT2D eigenvalue weighted by Gasteiger charge is 2.20. The third kappa shape index (κ3) is 5.44. The molecule has 154 valence electrons. The molecule has 0 atom stereocenters. The second-order valence-corrected chi connectivity index (χ2v) is 6.61. The van der Waals surface area contributed by atoms with Crippen LogP contribution >= 0.6 is 0 Å². The molecule has 1 amide bonds. The third-order valence-electron chi connectivity index (χ3n) is 4.40. The maximum Gasteiger partial charge on any atom is 0.339 e. The number of benzene rings is 3. The van der Waals surface area contributed by atoms with Crippen LogP contribution in [0.3, 0.4) is 0 Å². The Labute approximate surface area is 174 Å². The Kier molecular flexibility index (Phi) is 7.16. The van der Waals surface area contributed by atoms with E-state index in [1.807, 2.05) is 30.3 Å². The lowest BCUT2D eigenvalue weighted by molar-refractivity contribution is 0.0443. The molecule has 0 radical (unpaired) electrons. The molecule has 0 unspecified atom stereocenters. The molecule has 0 fully saturated rings. The van der Waals surface area contributed by atoms with E-state index < -0.39 is 11.8 Å². The number of ether oxygens (including phenoxy) is 2. The first-order valence-corrected chi connectivity index (χ1v) is 9.49. The van der Waals surface area contributed by atoms with Crippen molar-refractivity contribution >= 4 is 11.9 Å². The van der Waals surface area contributed by atoms with Gasteiger partial charge in [-0.3, -0.25) is 4.79 Å². The lowest BCUT2D eigenvalue weighted by atomic mass is 10.1. The van der Waals surface area contributed by atoms with Gasteiger partial charge in [0.25, 0.3) is 5.91 Å². The minimum absolute atomic E-state index is 0.00328. The van der Waals surface area contributed by atoms with Crippen molar-refractivity contribution in [2.24, 2.45) is 0 Å². The minimum atomic E-state index is -0.635. The minimum Gasteiger partial charge on any atom is -0.487 e. The Bertz CT molecular complexity index is 1010. The van der Waals surface area contributed by atoms with Crippen LogP contribution < -0.4 is 4.74 Å². The number of amides is 1. The van der Waals surface area contributed by atoms with E-state index in [9.17, 15) is 14.0 Å². The summed E-state index contributed by atoms with van der Waals surface area (Å²) >= 11 is 0. The van der Waals surface area contributed by atoms with Crippen molar-refractivity contribution in [3.8, 4) is 5.75 Å². The Morgan fingerprint density at radius 2 is 1.47 bits per heavy atom.